The Balaban J connectivity index is 2.11. The van der Waals surface area contributed by atoms with Crippen molar-refractivity contribution < 1.29 is 9.21 Å². The standard InChI is InChI=1S/C13H14BrN3O2/c1-8-6-9(14)2-3-10(8)17-13(18)11-7-16-12(19-11)4-5-15/h2-3,6-7H,4-5,15H2,1H3,(H,17,18). The zero-order valence-corrected chi connectivity index (χ0v) is 12.0. The predicted octanol–water partition coefficient (Wildman–Crippen LogP) is 2.50. The lowest BCUT2D eigenvalue weighted by Crippen LogP contribution is -2.11. The lowest BCUT2D eigenvalue weighted by atomic mass is 10.2. The number of nitrogens with zero attached hydrogens (tertiary/aromatic N) is 1. The van der Waals surface area contributed by atoms with Crippen LogP contribution >= 0.6 is 15.9 Å². The predicted molar refractivity (Wildman–Crippen MR) is 76.1 cm³/mol. The van der Waals surface area contributed by atoms with Gasteiger partial charge < -0.3 is 15.5 Å². The van der Waals surface area contributed by atoms with Crippen LogP contribution in [0.5, 0.6) is 0 Å². The Bertz CT molecular complexity index is 595. The molecule has 1 aromatic carbocycles. The molecule has 0 aliphatic carbocycles. The van der Waals surface area contributed by atoms with Crippen LogP contribution in [-0.4, -0.2) is 17.4 Å². The van der Waals surface area contributed by atoms with Gasteiger partial charge in [-0.3, -0.25) is 4.79 Å². The van der Waals surface area contributed by atoms with E-state index in [9.17, 15) is 4.79 Å². The molecule has 2 rings (SSSR count). The van der Waals surface area contributed by atoms with E-state index in [4.69, 9.17) is 10.2 Å². The number of carbonyl (C=O) groups is 1. The molecule has 0 aliphatic heterocycles. The Morgan fingerprint density at radius 2 is 2.32 bits per heavy atom. The topological polar surface area (TPSA) is 81.2 Å². The number of hydrogen-bond donors (Lipinski definition) is 2. The highest BCUT2D eigenvalue weighted by Gasteiger charge is 2.13. The Morgan fingerprint density at radius 1 is 1.53 bits per heavy atom. The van der Waals surface area contributed by atoms with E-state index < -0.39 is 0 Å². The molecule has 0 saturated carbocycles. The number of carbonyl (C=O) groups excluding carboxylic acids is 1. The first-order chi connectivity index (χ1) is 9.10. The fourth-order valence-corrected chi connectivity index (χ4v) is 2.08. The first-order valence-electron chi connectivity index (χ1n) is 5.82. The molecule has 3 N–H and O–H groups in total. The number of nitrogens with one attached hydrogen (secondary N) is 1. The third kappa shape index (κ3) is 3.42. The lowest BCUT2D eigenvalue weighted by Gasteiger charge is -2.06. The molecule has 0 aliphatic rings. The van der Waals surface area contributed by atoms with Crippen molar-refractivity contribution in [2.24, 2.45) is 5.73 Å². The van der Waals surface area contributed by atoms with Gasteiger partial charge in [0.05, 0.1) is 6.20 Å². The largest absolute Gasteiger partial charge is 0.435 e. The van der Waals surface area contributed by atoms with E-state index in [-0.39, 0.29) is 11.7 Å². The van der Waals surface area contributed by atoms with Gasteiger partial charge >= 0.3 is 0 Å². The van der Waals surface area contributed by atoms with E-state index in [0.717, 1.165) is 15.7 Å². The average Bonchev–Trinajstić information content (AvgIpc) is 2.82. The van der Waals surface area contributed by atoms with Crippen LogP contribution in [0.4, 0.5) is 5.69 Å². The van der Waals surface area contributed by atoms with Crippen LogP contribution in [0.15, 0.2) is 33.3 Å². The quantitative estimate of drug-likeness (QED) is 0.905. The second-order valence-corrected chi connectivity index (χ2v) is 4.99. The molecule has 6 heteroatoms. The normalized spacial score (nSPS) is 10.5. The minimum atomic E-state index is -0.318. The number of nitrogens with two attached hydrogens (primary N) is 1. The maximum absolute atomic E-state index is 12.0. The molecule has 0 unspecified atom stereocenters. The monoisotopic (exact) mass is 323 g/mol. The molecule has 1 heterocycles. The summed E-state index contributed by atoms with van der Waals surface area (Å²) in [4.78, 5) is 16.0. The van der Waals surface area contributed by atoms with Gasteiger partial charge in [-0.15, -0.1) is 0 Å². The summed E-state index contributed by atoms with van der Waals surface area (Å²) in [5, 5.41) is 2.78. The third-order valence-corrected chi connectivity index (χ3v) is 3.07. The fraction of sp³-hybridized carbons (Fsp3) is 0.231. The van der Waals surface area contributed by atoms with Crippen molar-refractivity contribution >= 4 is 27.5 Å². The second-order valence-electron chi connectivity index (χ2n) is 4.07. The zero-order chi connectivity index (χ0) is 13.8. The van der Waals surface area contributed by atoms with Crippen molar-refractivity contribution in [3.63, 3.8) is 0 Å². The van der Waals surface area contributed by atoms with E-state index >= 15 is 0 Å². The maximum Gasteiger partial charge on any atom is 0.293 e. The molecule has 0 radical (unpaired) electrons. The van der Waals surface area contributed by atoms with Crippen LogP contribution < -0.4 is 11.1 Å². The summed E-state index contributed by atoms with van der Waals surface area (Å²) in [5.41, 5.74) is 7.10. The molecule has 0 fully saturated rings. The Labute approximate surface area is 119 Å². The number of oxazole rings is 1. The van der Waals surface area contributed by atoms with E-state index in [0.29, 0.717) is 18.9 Å². The van der Waals surface area contributed by atoms with Crippen molar-refractivity contribution in [3.8, 4) is 0 Å². The summed E-state index contributed by atoms with van der Waals surface area (Å²) < 4.78 is 6.27. The number of amides is 1. The van der Waals surface area contributed by atoms with Crippen LogP contribution in [0.25, 0.3) is 0 Å². The number of benzene rings is 1. The van der Waals surface area contributed by atoms with Crippen LogP contribution in [0.3, 0.4) is 0 Å². The second kappa shape index (κ2) is 5.99. The molecule has 1 aromatic heterocycles. The molecular formula is C13H14BrN3O2. The molecular weight excluding hydrogens is 310 g/mol. The highest BCUT2D eigenvalue weighted by Crippen LogP contribution is 2.20. The minimum Gasteiger partial charge on any atom is -0.435 e. The fourth-order valence-electron chi connectivity index (χ4n) is 1.61. The molecule has 19 heavy (non-hydrogen) atoms. The number of aromatic nitrogens is 1. The number of halogens is 1. The van der Waals surface area contributed by atoms with Crippen LogP contribution in [0.2, 0.25) is 0 Å². The summed E-state index contributed by atoms with van der Waals surface area (Å²) in [6, 6.07) is 5.62. The van der Waals surface area contributed by atoms with Crippen LogP contribution in [0, 0.1) is 6.92 Å². The van der Waals surface area contributed by atoms with E-state index in [1.54, 1.807) is 0 Å². The van der Waals surface area contributed by atoms with E-state index in [1.807, 2.05) is 25.1 Å². The summed E-state index contributed by atoms with van der Waals surface area (Å²) in [6.45, 7) is 2.36. The van der Waals surface area contributed by atoms with Crippen molar-refractivity contribution in [3.05, 3.63) is 46.1 Å². The van der Waals surface area contributed by atoms with Crippen molar-refractivity contribution in [1.29, 1.82) is 0 Å². The SMILES string of the molecule is Cc1cc(Br)ccc1NC(=O)c1cnc(CCN)o1. The number of hydrogen-bond acceptors (Lipinski definition) is 4. The maximum atomic E-state index is 12.0. The molecule has 2 aromatic rings. The van der Waals surface area contributed by atoms with Gasteiger partial charge in [-0.1, -0.05) is 15.9 Å². The number of rotatable bonds is 4. The summed E-state index contributed by atoms with van der Waals surface area (Å²) in [5.74, 6) is 0.340. The molecule has 5 nitrogen and oxygen atoms in total. The number of anilines is 1. The lowest BCUT2D eigenvalue weighted by molar-refractivity contribution is 0.0995. The third-order valence-electron chi connectivity index (χ3n) is 2.57. The van der Waals surface area contributed by atoms with Crippen molar-refractivity contribution in [1.82, 2.24) is 4.98 Å². The van der Waals surface area contributed by atoms with Gasteiger partial charge in [-0.05, 0) is 30.7 Å². The molecule has 100 valence electrons. The van der Waals surface area contributed by atoms with Crippen LogP contribution in [0.1, 0.15) is 22.0 Å². The molecule has 1 amide bonds. The number of aryl methyl sites for hydroxylation is 1. The highest BCUT2D eigenvalue weighted by molar-refractivity contribution is 9.10. The van der Waals surface area contributed by atoms with Gasteiger partial charge in [-0.25, -0.2) is 4.98 Å². The molecule has 0 spiro atoms. The van der Waals surface area contributed by atoms with E-state index in [2.05, 4.69) is 26.2 Å². The zero-order valence-electron chi connectivity index (χ0n) is 10.4. The van der Waals surface area contributed by atoms with Gasteiger partial charge in [0, 0.05) is 23.1 Å². The molecule has 0 bridgehead atoms. The summed E-state index contributed by atoms with van der Waals surface area (Å²) in [6.07, 6.45) is 1.93. The van der Waals surface area contributed by atoms with Crippen molar-refractivity contribution in [2.75, 3.05) is 11.9 Å². The van der Waals surface area contributed by atoms with Crippen molar-refractivity contribution in [2.45, 2.75) is 13.3 Å². The average molecular weight is 324 g/mol. The summed E-state index contributed by atoms with van der Waals surface area (Å²) >= 11 is 3.37. The highest BCUT2D eigenvalue weighted by atomic mass is 79.9. The van der Waals surface area contributed by atoms with E-state index in [1.165, 1.54) is 6.20 Å². The van der Waals surface area contributed by atoms with Gasteiger partial charge in [0.2, 0.25) is 5.76 Å². The first kappa shape index (κ1) is 13.8. The molecule has 0 saturated heterocycles. The Morgan fingerprint density at radius 3 is 3.00 bits per heavy atom. The van der Waals surface area contributed by atoms with Crippen LogP contribution in [-0.2, 0) is 6.42 Å². The smallest absolute Gasteiger partial charge is 0.293 e. The van der Waals surface area contributed by atoms with Gasteiger partial charge in [0.1, 0.15) is 0 Å². The first-order valence-corrected chi connectivity index (χ1v) is 6.61. The van der Waals surface area contributed by atoms with Gasteiger partial charge in [0.25, 0.3) is 5.91 Å². The summed E-state index contributed by atoms with van der Waals surface area (Å²) in [7, 11) is 0. The van der Waals surface area contributed by atoms with Gasteiger partial charge in [0.15, 0.2) is 5.89 Å². The minimum absolute atomic E-state index is 0.186. The Kier molecular flexibility index (Phi) is 4.34. The Hall–Kier alpha value is -1.66. The van der Waals surface area contributed by atoms with Gasteiger partial charge in [-0.2, -0.15) is 0 Å². The molecule has 0 atom stereocenters.